The number of ether oxygens (including phenoxy) is 1. The fourth-order valence-electron chi connectivity index (χ4n) is 2.14. The molecule has 21 heavy (non-hydrogen) atoms. The monoisotopic (exact) mass is 293 g/mol. The standard InChI is InChI=1S/C16H23NO4/c1-11-5-6-14(13(3)9-11)17(10-15(18)21-4)8-7-12(2)16(19)20/h5-6,9,12H,7-8,10H2,1-4H3,(H,19,20). The van der Waals surface area contributed by atoms with Crippen LogP contribution >= 0.6 is 0 Å². The van der Waals surface area contributed by atoms with Crippen LogP contribution in [-0.4, -0.2) is 37.2 Å². The molecule has 0 bridgehead atoms. The van der Waals surface area contributed by atoms with Gasteiger partial charge in [-0.15, -0.1) is 0 Å². The van der Waals surface area contributed by atoms with Crippen LogP contribution < -0.4 is 4.90 Å². The van der Waals surface area contributed by atoms with Crippen molar-refractivity contribution >= 4 is 17.6 Å². The Morgan fingerprint density at radius 1 is 1.33 bits per heavy atom. The third kappa shape index (κ3) is 5.10. The molecule has 1 rings (SSSR count). The minimum Gasteiger partial charge on any atom is -0.481 e. The molecular formula is C16H23NO4. The maximum absolute atomic E-state index is 11.6. The molecule has 5 heteroatoms. The first-order valence-corrected chi connectivity index (χ1v) is 6.97. The van der Waals surface area contributed by atoms with E-state index in [0.29, 0.717) is 13.0 Å². The van der Waals surface area contributed by atoms with Crippen LogP contribution in [0.25, 0.3) is 0 Å². The SMILES string of the molecule is COC(=O)CN(CCC(C)C(=O)O)c1ccc(C)cc1C. The second-order valence-corrected chi connectivity index (χ2v) is 5.32. The molecule has 116 valence electrons. The summed E-state index contributed by atoms with van der Waals surface area (Å²) in [5.74, 6) is -1.61. The Hall–Kier alpha value is -2.04. The fourth-order valence-corrected chi connectivity index (χ4v) is 2.14. The molecule has 1 aromatic rings. The number of benzene rings is 1. The van der Waals surface area contributed by atoms with Gasteiger partial charge in [0, 0.05) is 12.2 Å². The van der Waals surface area contributed by atoms with E-state index in [9.17, 15) is 9.59 Å². The number of rotatable bonds is 7. The molecule has 1 aromatic carbocycles. The van der Waals surface area contributed by atoms with Crippen molar-refractivity contribution in [2.75, 3.05) is 25.1 Å². The molecule has 0 aliphatic heterocycles. The van der Waals surface area contributed by atoms with Gasteiger partial charge in [-0.1, -0.05) is 24.6 Å². The lowest BCUT2D eigenvalue weighted by atomic mass is 10.1. The van der Waals surface area contributed by atoms with Gasteiger partial charge < -0.3 is 14.7 Å². The molecule has 1 atom stereocenters. The molecule has 0 aromatic heterocycles. The average Bonchev–Trinajstić information content (AvgIpc) is 2.43. The van der Waals surface area contributed by atoms with Gasteiger partial charge in [0.05, 0.1) is 13.0 Å². The van der Waals surface area contributed by atoms with Gasteiger partial charge in [-0.3, -0.25) is 9.59 Å². The van der Waals surface area contributed by atoms with Gasteiger partial charge >= 0.3 is 11.9 Å². The summed E-state index contributed by atoms with van der Waals surface area (Å²) in [6.45, 7) is 6.26. The molecule has 0 saturated carbocycles. The van der Waals surface area contributed by atoms with Crippen LogP contribution in [0.4, 0.5) is 5.69 Å². The largest absolute Gasteiger partial charge is 0.481 e. The number of carboxylic acids is 1. The molecule has 0 radical (unpaired) electrons. The Balaban J connectivity index is 2.90. The molecule has 0 amide bonds. The van der Waals surface area contributed by atoms with Crippen LogP contribution in [0.1, 0.15) is 24.5 Å². The number of carbonyl (C=O) groups excluding carboxylic acids is 1. The maximum Gasteiger partial charge on any atom is 0.325 e. The lowest BCUT2D eigenvalue weighted by Crippen LogP contribution is -2.33. The zero-order valence-electron chi connectivity index (χ0n) is 13.0. The van der Waals surface area contributed by atoms with Crippen LogP contribution in [0.15, 0.2) is 18.2 Å². The number of aliphatic carboxylic acids is 1. The lowest BCUT2D eigenvalue weighted by molar-refractivity contribution is -0.141. The predicted molar refractivity (Wildman–Crippen MR) is 81.6 cm³/mol. The lowest BCUT2D eigenvalue weighted by Gasteiger charge is -2.26. The van der Waals surface area contributed by atoms with Crippen molar-refractivity contribution in [1.82, 2.24) is 0 Å². The van der Waals surface area contributed by atoms with Gasteiger partial charge in [0.1, 0.15) is 6.54 Å². The fraction of sp³-hybridized carbons (Fsp3) is 0.500. The summed E-state index contributed by atoms with van der Waals surface area (Å²) < 4.78 is 4.72. The predicted octanol–water partition coefficient (Wildman–Crippen LogP) is 2.39. The van der Waals surface area contributed by atoms with E-state index in [4.69, 9.17) is 9.84 Å². The van der Waals surface area contributed by atoms with Gasteiger partial charge in [-0.2, -0.15) is 0 Å². The van der Waals surface area contributed by atoms with Gasteiger partial charge in [0.2, 0.25) is 0 Å². The highest BCUT2D eigenvalue weighted by Gasteiger charge is 2.17. The third-order valence-electron chi connectivity index (χ3n) is 3.49. The van der Waals surface area contributed by atoms with Crippen LogP contribution in [0.2, 0.25) is 0 Å². The number of carbonyl (C=O) groups is 2. The van der Waals surface area contributed by atoms with E-state index in [1.807, 2.05) is 36.9 Å². The molecule has 0 spiro atoms. The summed E-state index contributed by atoms with van der Waals surface area (Å²) in [6.07, 6.45) is 0.472. The maximum atomic E-state index is 11.6. The van der Waals surface area contributed by atoms with Crippen LogP contribution in [0.5, 0.6) is 0 Å². The number of hydrogen-bond donors (Lipinski definition) is 1. The molecule has 0 aliphatic rings. The Kier molecular flexibility index (Phi) is 6.21. The first-order chi connectivity index (χ1) is 9.85. The Morgan fingerprint density at radius 2 is 2.00 bits per heavy atom. The summed E-state index contributed by atoms with van der Waals surface area (Å²) >= 11 is 0. The Labute approximate surface area is 125 Å². The molecule has 0 saturated heterocycles. The van der Waals surface area contributed by atoms with Crippen molar-refractivity contribution in [3.05, 3.63) is 29.3 Å². The van der Waals surface area contributed by atoms with Crippen molar-refractivity contribution in [2.24, 2.45) is 5.92 Å². The van der Waals surface area contributed by atoms with Crippen LogP contribution in [0, 0.1) is 19.8 Å². The number of aryl methyl sites for hydroxylation is 2. The quantitative estimate of drug-likeness (QED) is 0.782. The smallest absolute Gasteiger partial charge is 0.325 e. The molecule has 0 fully saturated rings. The van der Waals surface area contributed by atoms with E-state index in [2.05, 4.69) is 0 Å². The van der Waals surface area contributed by atoms with Gasteiger partial charge in [-0.05, 0) is 31.9 Å². The van der Waals surface area contributed by atoms with Crippen molar-refractivity contribution in [1.29, 1.82) is 0 Å². The zero-order valence-corrected chi connectivity index (χ0v) is 13.0. The second kappa shape index (κ2) is 7.67. The molecule has 1 unspecified atom stereocenters. The van der Waals surface area contributed by atoms with Crippen molar-refractivity contribution in [3.8, 4) is 0 Å². The minimum atomic E-state index is -0.825. The van der Waals surface area contributed by atoms with Gasteiger partial charge in [0.15, 0.2) is 0 Å². The normalized spacial score (nSPS) is 11.8. The van der Waals surface area contributed by atoms with Crippen LogP contribution in [0.3, 0.4) is 0 Å². The van der Waals surface area contributed by atoms with E-state index in [1.165, 1.54) is 7.11 Å². The number of methoxy groups -OCH3 is 1. The van der Waals surface area contributed by atoms with E-state index in [1.54, 1.807) is 6.92 Å². The summed E-state index contributed by atoms with van der Waals surface area (Å²) in [6, 6.07) is 5.98. The summed E-state index contributed by atoms with van der Waals surface area (Å²) in [4.78, 5) is 24.4. The molecule has 1 N–H and O–H groups in total. The number of hydrogen-bond acceptors (Lipinski definition) is 4. The highest BCUT2D eigenvalue weighted by atomic mass is 16.5. The first kappa shape index (κ1) is 17.0. The average molecular weight is 293 g/mol. The number of carboxylic acid groups (broad SMARTS) is 1. The third-order valence-corrected chi connectivity index (χ3v) is 3.49. The van der Waals surface area contributed by atoms with E-state index in [0.717, 1.165) is 16.8 Å². The molecule has 0 aliphatic carbocycles. The van der Waals surface area contributed by atoms with E-state index in [-0.39, 0.29) is 12.5 Å². The van der Waals surface area contributed by atoms with Gasteiger partial charge in [-0.25, -0.2) is 0 Å². The molecule has 5 nitrogen and oxygen atoms in total. The van der Waals surface area contributed by atoms with Crippen molar-refractivity contribution in [3.63, 3.8) is 0 Å². The van der Waals surface area contributed by atoms with Crippen LogP contribution in [-0.2, 0) is 14.3 Å². The number of anilines is 1. The number of esters is 1. The minimum absolute atomic E-state index is 0.118. The zero-order chi connectivity index (χ0) is 16.0. The Bertz CT molecular complexity index is 513. The second-order valence-electron chi connectivity index (χ2n) is 5.32. The highest BCUT2D eigenvalue weighted by Crippen LogP contribution is 2.22. The van der Waals surface area contributed by atoms with Gasteiger partial charge in [0.25, 0.3) is 0 Å². The summed E-state index contributed by atoms with van der Waals surface area (Å²) in [5.41, 5.74) is 3.14. The van der Waals surface area contributed by atoms with Crippen molar-refractivity contribution < 1.29 is 19.4 Å². The summed E-state index contributed by atoms with van der Waals surface area (Å²) in [7, 11) is 1.35. The summed E-state index contributed by atoms with van der Waals surface area (Å²) in [5, 5.41) is 8.97. The first-order valence-electron chi connectivity index (χ1n) is 6.97. The highest BCUT2D eigenvalue weighted by molar-refractivity contribution is 5.76. The Morgan fingerprint density at radius 3 is 2.52 bits per heavy atom. The van der Waals surface area contributed by atoms with Crippen molar-refractivity contribution in [2.45, 2.75) is 27.2 Å². The topological polar surface area (TPSA) is 66.8 Å². The molecular weight excluding hydrogens is 270 g/mol. The van der Waals surface area contributed by atoms with E-state index >= 15 is 0 Å². The van der Waals surface area contributed by atoms with E-state index < -0.39 is 11.9 Å². The number of nitrogens with zero attached hydrogens (tertiary/aromatic N) is 1. The molecule has 0 heterocycles.